The van der Waals surface area contributed by atoms with Crippen molar-refractivity contribution in [1.29, 1.82) is 0 Å². The molecule has 4 heteroatoms. The standard InChI is InChI=1S/C14H13F2NS/c1-9-6-12(4-2-10(9)8-17)18-14-5-3-11(15)7-13(14)16/h2-7H,8,17H2,1H3. The highest BCUT2D eigenvalue weighted by Crippen LogP contribution is 2.31. The van der Waals surface area contributed by atoms with E-state index in [-0.39, 0.29) is 0 Å². The fraction of sp³-hybridized carbons (Fsp3) is 0.143. The molecule has 18 heavy (non-hydrogen) atoms. The predicted octanol–water partition coefficient (Wildman–Crippen LogP) is 3.88. The maximum Gasteiger partial charge on any atom is 0.140 e. The predicted molar refractivity (Wildman–Crippen MR) is 69.6 cm³/mol. The third kappa shape index (κ3) is 2.89. The molecule has 0 aromatic heterocycles. The summed E-state index contributed by atoms with van der Waals surface area (Å²) in [5, 5.41) is 0. The Balaban J connectivity index is 2.26. The van der Waals surface area contributed by atoms with Crippen molar-refractivity contribution < 1.29 is 8.78 Å². The van der Waals surface area contributed by atoms with E-state index in [0.717, 1.165) is 22.1 Å². The third-order valence-corrected chi connectivity index (χ3v) is 3.70. The number of nitrogens with two attached hydrogens (primary N) is 1. The zero-order chi connectivity index (χ0) is 13.1. The molecule has 0 saturated heterocycles. The topological polar surface area (TPSA) is 26.0 Å². The molecule has 2 N–H and O–H groups in total. The molecule has 2 rings (SSSR count). The van der Waals surface area contributed by atoms with Crippen molar-refractivity contribution >= 4 is 11.8 Å². The lowest BCUT2D eigenvalue weighted by atomic mass is 10.1. The minimum atomic E-state index is -0.563. The van der Waals surface area contributed by atoms with Crippen LogP contribution in [0.2, 0.25) is 0 Å². The van der Waals surface area contributed by atoms with Gasteiger partial charge in [0.1, 0.15) is 11.6 Å². The number of halogens is 2. The SMILES string of the molecule is Cc1cc(Sc2ccc(F)cc2F)ccc1CN. The van der Waals surface area contributed by atoms with Crippen LogP contribution in [-0.2, 0) is 6.54 Å². The van der Waals surface area contributed by atoms with Crippen LogP contribution in [0.4, 0.5) is 8.78 Å². The Morgan fingerprint density at radius 3 is 2.50 bits per heavy atom. The van der Waals surface area contributed by atoms with Gasteiger partial charge in [-0.2, -0.15) is 0 Å². The summed E-state index contributed by atoms with van der Waals surface area (Å²) in [7, 11) is 0. The fourth-order valence-corrected chi connectivity index (χ4v) is 2.56. The summed E-state index contributed by atoms with van der Waals surface area (Å²) in [6.07, 6.45) is 0. The van der Waals surface area contributed by atoms with Crippen molar-refractivity contribution in [1.82, 2.24) is 0 Å². The summed E-state index contributed by atoms with van der Waals surface area (Å²) in [5.41, 5.74) is 7.73. The quantitative estimate of drug-likeness (QED) is 0.911. The van der Waals surface area contributed by atoms with Gasteiger partial charge in [-0.3, -0.25) is 0 Å². The molecule has 2 aromatic carbocycles. The van der Waals surface area contributed by atoms with Crippen molar-refractivity contribution in [3.63, 3.8) is 0 Å². The van der Waals surface area contributed by atoms with Crippen LogP contribution in [0.15, 0.2) is 46.2 Å². The van der Waals surface area contributed by atoms with Crippen molar-refractivity contribution in [3.8, 4) is 0 Å². The Hall–Kier alpha value is -1.39. The Kier molecular flexibility index (Phi) is 3.99. The molecule has 0 unspecified atom stereocenters. The molecular weight excluding hydrogens is 252 g/mol. The molecule has 0 heterocycles. The van der Waals surface area contributed by atoms with Gasteiger partial charge in [0, 0.05) is 22.4 Å². The number of hydrogen-bond acceptors (Lipinski definition) is 2. The lowest BCUT2D eigenvalue weighted by molar-refractivity contribution is 0.565. The van der Waals surface area contributed by atoms with Gasteiger partial charge in [0.2, 0.25) is 0 Å². The second-order valence-electron chi connectivity index (χ2n) is 3.97. The van der Waals surface area contributed by atoms with Crippen LogP contribution in [0.1, 0.15) is 11.1 Å². The molecule has 1 nitrogen and oxygen atoms in total. The molecule has 0 amide bonds. The highest BCUT2D eigenvalue weighted by atomic mass is 32.2. The maximum absolute atomic E-state index is 13.5. The highest BCUT2D eigenvalue weighted by Gasteiger charge is 2.06. The minimum absolute atomic E-state index is 0.413. The lowest BCUT2D eigenvalue weighted by Crippen LogP contribution is -1.98. The third-order valence-electron chi connectivity index (χ3n) is 2.66. The summed E-state index contributed by atoms with van der Waals surface area (Å²) in [5.74, 6) is -1.10. The van der Waals surface area contributed by atoms with E-state index in [1.165, 1.54) is 23.9 Å². The smallest absolute Gasteiger partial charge is 0.140 e. The average Bonchev–Trinajstić information content (AvgIpc) is 2.33. The number of benzene rings is 2. The first kappa shape index (κ1) is 13.1. The molecular formula is C14H13F2NS. The van der Waals surface area contributed by atoms with Crippen LogP contribution in [-0.4, -0.2) is 0 Å². The van der Waals surface area contributed by atoms with Crippen molar-refractivity contribution in [2.75, 3.05) is 0 Å². The van der Waals surface area contributed by atoms with E-state index in [2.05, 4.69) is 0 Å². The number of aryl methyl sites for hydroxylation is 1. The summed E-state index contributed by atoms with van der Waals surface area (Å²) >= 11 is 1.27. The van der Waals surface area contributed by atoms with Gasteiger partial charge in [0.25, 0.3) is 0 Å². The van der Waals surface area contributed by atoms with Gasteiger partial charge in [0.05, 0.1) is 0 Å². The number of rotatable bonds is 3. The van der Waals surface area contributed by atoms with Gasteiger partial charge in [-0.1, -0.05) is 17.8 Å². The maximum atomic E-state index is 13.5. The van der Waals surface area contributed by atoms with E-state index < -0.39 is 11.6 Å². The van der Waals surface area contributed by atoms with Gasteiger partial charge in [0.15, 0.2) is 0 Å². The molecule has 0 aliphatic heterocycles. The first-order chi connectivity index (χ1) is 8.60. The van der Waals surface area contributed by atoms with Crippen LogP contribution in [0.25, 0.3) is 0 Å². The minimum Gasteiger partial charge on any atom is -0.326 e. The Morgan fingerprint density at radius 2 is 1.89 bits per heavy atom. The van der Waals surface area contributed by atoms with E-state index in [0.29, 0.717) is 11.4 Å². The van der Waals surface area contributed by atoms with E-state index in [1.54, 1.807) is 0 Å². The molecule has 94 valence electrons. The molecule has 0 bridgehead atoms. The van der Waals surface area contributed by atoms with Gasteiger partial charge >= 0.3 is 0 Å². The van der Waals surface area contributed by atoms with Crippen LogP contribution < -0.4 is 5.73 Å². The summed E-state index contributed by atoms with van der Waals surface area (Å²) < 4.78 is 26.3. The second-order valence-corrected chi connectivity index (χ2v) is 5.08. The van der Waals surface area contributed by atoms with Gasteiger partial charge in [-0.25, -0.2) is 8.78 Å². The first-order valence-corrected chi connectivity index (χ1v) is 6.34. The zero-order valence-corrected chi connectivity index (χ0v) is 10.7. The van der Waals surface area contributed by atoms with Crippen molar-refractivity contribution in [3.05, 3.63) is 59.2 Å². The summed E-state index contributed by atoms with van der Waals surface area (Å²) in [6, 6.07) is 9.37. The molecule has 0 aliphatic rings. The van der Waals surface area contributed by atoms with Crippen molar-refractivity contribution in [2.45, 2.75) is 23.3 Å². The molecule has 0 spiro atoms. The van der Waals surface area contributed by atoms with Crippen molar-refractivity contribution in [2.24, 2.45) is 5.73 Å². The van der Waals surface area contributed by atoms with Crippen LogP contribution in [0.5, 0.6) is 0 Å². The van der Waals surface area contributed by atoms with Crippen LogP contribution in [0.3, 0.4) is 0 Å². The normalized spacial score (nSPS) is 10.7. The van der Waals surface area contributed by atoms with Crippen LogP contribution >= 0.6 is 11.8 Å². The van der Waals surface area contributed by atoms with E-state index in [4.69, 9.17) is 5.73 Å². The van der Waals surface area contributed by atoms with Crippen LogP contribution in [0, 0.1) is 18.6 Å². The van der Waals surface area contributed by atoms with Gasteiger partial charge < -0.3 is 5.73 Å². The molecule has 0 saturated carbocycles. The monoisotopic (exact) mass is 265 g/mol. The fourth-order valence-electron chi connectivity index (χ4n) is 1.65. The molecule has 0 fully saturated rings. The number of hydrogen-bond donors (Lipinski definition) is 1. The Labute approximate surface area is 109 Å². The largest absolute Gasteiger partial charge is 0.326 e. The highest BCUT2D eigenvalue weighted by molar-refractivity contribution is 7.99. The Morgan fingerprint density at radius 1 is 1.11 bits per heavy atom. The molecule has 0 atom stereocenters. The lowest BCUT2D eigenvalue weighted by Gasteiger charge is -2.07. The summed E-state index contributed by atoms with van der Waals surface area (Å²) in [6.45, 7) is 2.45. The average molecular weight is 265 g/mol. The molecule has 0 aliphatic carbocycles. The zero-order valence-electron chi connectivity index (χ0n) is 9.91. The van der Waals surface area contributed by atoms with E-state index in [1.807, 2.05) is 25.1 Å². The molecule has 2 aromatic rings. The molecule has 0 radical (unpaired) electrons. The van der Waals surface area contributed by atoms with Gasteiger partial charge in [-0.05, 0) is 42.3 Å². The first-order valence-electron chi connectivity index (χ1n) is 5.52. The van der Waals surface area contributed by atoms with E-state index >= 15 is 0 Å². The van der Waals surface area contributed by atoms with Gasteiger partial charge in [-0.15, -0.1) is 0 Å². The Bertz CT molecular complexity index is 570. The second kappa shape index (κ2) is 5.50. The van der Waals surface area contributed by atoms with E-state index in [9.17, 15) is 8.78 Å². The summed E-state index contributed by atoms with van der Waals surface area (Å²) in [4.78, 5) is 1.33.